The van der Waals surface area contributed by atoms with Gasteiger partial charge in [-0.1, -0.05) is 167 Å². The second-order valence-corrected chi connectivity index (χ2v) is 15.6. The predicted molar refractivity (Wildman–Crippen MR) is 196 cm³/mol. The molecule has 0 aromatic rings. The summed E-state index contributed by atoms with van der Waals surface area (Å²) in [6.07, 6.45) is 37.7. The van der Waals surface area contributed by atoms with Gasteiger partial charge < -0.3 is 19.8 Å². The molecular weight excluding hydrogens is 670 g/mol. The summed E-state index contributed by atoms with van der Waals surface area (Å²) in [5.74, 6) is -5.69. The van der Waals surface area contributed by atoms with Gasteiger partial charge in [0.15, 0.2) is 0 Å². The number of hydrogen-bond acceptors (Lipinski definition) is 6. The summed E-state index contributed by atoms with van der Waals surface area (Å²) in [6.45, 7) is 4.46. The molecule has 2 unspecified atom stereocenters. The third-order valence-corrected chi connectivity index (χ3v) is 11.3. The largest absolute Gasteiger partial charge is 1.00 e. The number of hydrogen-bond donors (Lipinski definition) is 1. The molecule has 0 saturated carbocycles. The van der Waals surface area contributed by atoms with Gasteiger partial charge in [-0.15, -0.1) is 0 Å². The molecule has 7 nitrogen and oxygen atoms in total. The standard InChI is InChI=1S/C40H74O7S.2Na/c1-3-5-7-9-11-13-15-17-19-21-23-25-27-29-31-33-35-37(38(41)42)40(39(43)44,48(45,46)47)36-34-32-30-28-26-24-22-20-18-16-14-12-10-8-6-4-2;;/h17-20,37H,3-16,21-36H2,1-2H3,(H,41,42)(H,43,44)(H,45,46,47);;/q;2*+1/p-2. The van der Waals surface area contributed by atoms with Crippen LogP contribution in [0.3, 0.4) is 0 Å². The number of carboxylic acid groups (broad SMARTS) is 2. The van der Waals surface area contributed by atoms with E-state index in [1.165, 1.54) is 77.0 Å². The topological polar surface area (TPSA) is 135 Å². The molecule has 10 heteroatoms. The smallest absolute Gasteiger partial charge is 0.550 e. The van der Waals surface area contributed by atoms with Gasteiger partial charge in [0.2, 0.25) is 0 Å². The molecular formula is C40H72Na2O7S. The van der Waals surface area contributed by atoms with Crippen LogP contribution in [-0.4, -0.2) is 29.7 Å². The van der Waals surface area contributed by atoms with E-state index in [0.29, 0.717) is 19.3 Å². The number of aliphatic carboxylic acids is 2. The summed E-state index contributed by atoms with van der Waals surface area (Å²) in [5, 5.41) is 24.3. The molecule has 0 aromatic carbocycles. The fourth-order valence-corrected chi connectivity index (χ4v) is 7.79. The number of carboxylic acids is 2. The Kier molecular flexibility index (Phi) is 41.2. The van der Waals surface area contributed by atoms with Gasteiger partial charge in [-0.25, -0.2) is 0 Å². The van der Waals surface area contributed by atoms with Crippen LogP contribution in [0.25, 0.3) is 0 Å². The summed E-state index contributed by atoms with van der Waals surface area (Å²) in [4.78, 5) is 24.3. The zero-order valence-corrected chi connectivity index (χ0v) is 37.7. The molecule has 0 spiro atoms. The molecule has 0 aliphatic carbocycles. The molecule has 0 radical (unpaired) electrons. The minimum absolute atomic E-state index is 0. The third kappa shape index (κ3) is 27.9. The first-order chi connectivity index (χ1) is 23.1. The number of carbonyl (C=O) groups is 2. The second-order valence-electron chi connectivity index (χ2n) is 13.9. The van der Waals surface area contributed by atoms with Gasteiger partial charge in [0.05, 0.1) is 5.97 Å². The van der Waals surface area contributed by atoms with E-state index in [9.17, 15) is 32.8 Å². The van der Waals surface area contributed by atoms with E-state index >= 15 is 0 Å². The SMILES string of the molecule is CCCCCCCCC=CCCCCCCCCC(C(=O)[O-])C(CCCCCCCCC=CCCCCCCCC)(C(=O)[O-])S(=O)(=O)O.[Na+].[Na+]. The molecule has 0 fully saturated rings. The quantitative estimate of drug-likeness (QED) is 0.0449. The summed E-state index contributed by atoms with van der Waals surface area (Å²) >= 11 is 0. The predicted octanol–water partition coefficient (Wildman–Crippen LogP) is 3.59. The van der Waals surface area contributed by atoms with Crippen molar-refractivity contribution in [2.24, 2.45) is 5.92 Å². The van der Waals surface area contributed by atoms with E-state index in [1.807, 2.05) is 0 Å². The minimum atomic E-state index is -5.26. The monoisotopic (exact) mass is 742 g/mol. The second kappa shape index (κ2) is 37.6. The van der Waals surface area contributed by atoms with Gasteiger partial charge >= 0.3 is 59.1 Å². The molecule has 0 amide bonds. The maximum atomic E-state index is 12.4. The van der Waals surface area contributed by atoms with Crippen molar-refractivity contribution in [3.63, 3.8) is 0 Å². The van der Waals surface area contributed by atoms with Crippen LogP contribution in [0.5, 0.6) is 0 Å². The van der Waals surface area contributed by atoms with Gasteiger partial charge in [-0.3, -0.25) is 4.55 Å². The maximum absolute atomic E-state index is 12.4. The molecule has 0 aliphatic heterocycles. The normalized spacial score (nSPS) is 13.6. The van der Waals surface area contributed by atoms with Crippen molar-refractivity contribution in [2.45, 2.75) is 211 Å². The van der Waals surface area contributed by atoms with Gasteiger partial charge in [0.25, 0.3) is 10.1 Å². The van der Waals surface area contributed by atoms with Crippen molar-refractivity contribution in [1.82, 2.24) is 0 Å². The van der Waals surface area contributed by atoms with Crippen LogP contribution >= 0.6 is 0 Å². The summed E-state index contributed by atoms with van der Waals surface area (Å²) in [6, 6.07) is 0. The van der Waals surface area contributed by atoms with Gasteiger partial charge in [-0.2, -0.15) is 8.42 Å². The van der Waals surface area contributed by atoms with Crippen molar-refractivity contribution in [3.05, 3.63) is 24.3 Å². The Bertz CT molecular complexity index is 955. The van der Waals surface area contributed by atoms with E-state index in [1.54, 1.807) is 0 Å². The first kappa shape index (κ1) is 54.7. The zero-order valence-electron chi connectivity index (χ0n) is 32.9. The Morgan fingerprint density at radius 2 is 0.840 bits per heavy atom. The molecule has 50 heavy (non-hydrogen) atoms. The van der Waals surface area contributed by atoms with Gasteiger partial charge in [-0.05, 0) is 64.2 Å². The first-order valence-corrected chi connectivity index (χ1v) is 21.3. The molecule has 2 atom stereocenters. The number of allylic oxidation sites excluding steroid dienone is 4. The number of unbranched alkanes of at least 4 members (excludes halogenated alkanes) is 24. The zero-order chi connectivity index (χ0) is 35.8. The van der Waals surface area contributed by atoms with Crippen molar-refractivity contribution in [2.75, 3.05) is 0 Å². The van der Waals surface area contributed by atoms with Crippen molar-refractivity contribution >= 4 is 22.1 Å². The van der Waals surface area contributed by atoms with E-state index in [4.69, 9.17) is 0 Å². The summed E-state index contributed by atoms with van der Waals surface area (Å²) in [7, 11) is -5.26. The average Bonchev–Trinajstić information content (AvgIpc) is 3.03. The molecule has 282 valence electrons. The molecule has 1 N–H and O–H groups in total. The maximum Gasteiger partial charge on any atom is 1.00 e. The molecule has 0 aromatic heterocycles. The van der Waals surface area contributed by atoms with Crippen molar-refractivity contribution in [3.8, 4) is 0 Å². The number of carbonyl (C=O) groups excluding carboxylic acids is 2. The van der Waals surface area contributed by atoms with E-state index in [2.05, 4.69) is 38.2 Å². The Balaban J connectivity index is -0.0000110. The Labute approximate surface area is 352 Å². The van der Waals surface area contributed by atoms with Crippen LogP contribution in [0.1, 0.15) is 206 Å². The van der Waals surface area contributed by atoms with E-state index < -0.39 is 39.1 Å². The summed E-state index contributed by atoms with van der Waals surface area (Å²) < 4.78 is 32.0. The average molecular weight is 743 g/mol. The van der Waals surface area contributed by atoms with Crippen molar-refractivity contribution < 1.29 is 91.9 Å². The number of rotatable bonds is 36. The Morgan fingerprint density at radius 3 is 1.14 bits per heavy atom. The van der Waals surface area contributed by atoms with Crippen LogP contribution in [0, 0.1) is 5.92 Å². The van der Waals surface area contributed by atoms with Crippen LogP contribution in [0.15, 0.2) is 24.3 Å². The minimum Gasteiger partial charge on any atom is -0.550 e. The summed E-state index contributed by atoms with van der Waals surface area (Å²) in [5.41, 5.74) is 0. The molecule has 0 bridgehead atoms. The molecule has 0 aliphatic rings. The first-order valence-electron chi connectivity index (χ1n) is 19.8. The van der Waals surface area contributed by atoms with Crippen LogP contribution in [0.4, 0.5) is 0 Å². The van der Waals surface area contributed by atoms with Gasteiger partial charge in [0, 0.05) is 11.9 Å². The van der Waals surface area contributed by atoms with Crippen LogP contribution < -0.4 is 69.3 Å². The molecule has 0 heterocycles. The Hall–Kier alpha value is 0.330. The van der Waals surface area contributed by atoms with Crippen molar-refractivity contribution in [1.29, 1.82) is 0 Å². The van der Waals surface area contributed by atoms with E-state index in [0.717, 1.165) is 77.0 Å². The van der Waals surface area contributed by atoms with Gasteiger partial charge in [0.1, 0.15) is 4.75 Å². The van der Waals surface area contributed by atoms with Crippen LogP contribution in [-0.2, 0) is 19.7 Å². The van der Waals surface area contributed by atoms with Crippen LogP contribution in [0.2, 0.25) is 0 Å². The fourth-order valence-electron chi connectivity index (χ4n) is 6.61. The third-order valence-electron chi connectivity index (χ3n) is 9.72. The fraction of sp³-hybridized carbons (Fsp3) is 0.850. The molecule has 0 rings (SSSR count). The Morgan fingerprint density at radius 1 is 0.540 bits per heavy atom. The van der Waals surface area contributed by atoms with E-state index in [-0.39, 0.29) is 72.0 Å². The molecule has 0 saturated heterocycles.